The number of carbonyl (C=O) groups excluding carboxylic acids is 2. The van der Waals surface area contributed by atoms with Crippen LogP contribution >= 0.6 is 0 Å². The van der Waals surface area contributed by atoms with Gasteiger partial charge in [0.1, 0.15) is 5.75 Å². The standard InChI is InChI=1S/C24H18O5/c1-16-2-4-17(5-3-16)6-12-21(25)18-7-10-20(11-8-18)29-24(26)19-9-13-22-23(14-19)28-15-27-22/h2-14H,15H2,1H3. The molecule has 1 aliphatic heterocycles. The molecule has 3 aromatic carbocycles. The van der Waals surface area contributed by atoms with Crippen molar-refractivity contribution in [2.75, 3.05) is 6.79 Å². The summed E-state index contributed by atoms with van der Waals surface area (Å²) in [5.74, 6) is 0.830. The van der Waals surface area contributed by atoms with E-state index >= 15 is 0 Å². The molecule has 0 bridgehead atoms. The fourth-order valence-electron chi connectivity index (χ4n) is 2.82. The molecule has 0 amide bonds. The van der Waals surface area contributed by atoms with Crippen molar-refractivity contribution in [3.05, 3.63) is 95.1 Å². The maximum Gasteiger partial charge on any atom is 0.343 e. The highest BCUT2D eigenvalue weighted by atomic mass is 16.7. The summed E-state index contributed by atoms with van der Waals surface area (Å²) in [6.45, 7) is 2.15. The Balaban J connectivity index is 1.40. The highest BCUT2D eigenvalue weighted by Gasteiger charge is 2.17. The van der Waals surface area contributed by atoms with Gasteiger partial charge in [0, 0.05) is 5.56 Å². The van der Waals surface area contributed by atoms with Crippen LogP contribution in [0.15, 0.2) is 72.8 Å². The van der Waals surface area contributed by atoms with E-state index < -0.39 is 5.97 Å². The molecule has 4 rings (SSSR count). The molecule has 0 N–H and O–H groups in total. The van der Waals surface area contributed by atoms with Gasteiger partial charge >= 0.3 is 5.97 Å². The van der Waals surface area contributed by atoms with Gasteiger partial charge in [-0.05, 0) is 61.0 Å². The Kier molecular flexibility index (Phi) is 5.12. The maximum atomic E-state index is 12.3. The fraction of sp³-hybridized carbons (Fsp3) is 0.0833. The number of rotatable bonds is 5. The Bertz CT molecular complexity index is 1080. The molecule has 0 unspecified atom stereocenters. The molecular formula is C24H18O5. The molecule has 0 fully saturated rings. The number of benzene rings is 3. The number of ketones is 1. The van der Waals surface area contributed by atoms with Gasteiger partial charge in [0.15, 0.2) is 17.3 Å². The first-order chi connectivity index (χ1) is 14.1. The quantitative estimate of drug-likeness (QED) is 0.272. The monoisotopic (exact) mass is 386 g/mol. The molecule has 1 aliphatic rings. The highest BCUT2D eigenvalue weighted by molar-refractivity contribution is 6.06. The van der Waals surface area contributed by atoms with Gasteiger partial charge in [-0.3, -0.25) is 4.79 Å². The van der Waals surface area contributed by atoms with Crippen molar-refractivity contribution < 1.29 is 23.8 Å². The normalized spacial score (nSPS) is 12.2. The largest absolute Gasteiger partial charge is 0.454 e. The summed E-state index contributed by atoms with van der Waals surface area (Å²) in [6.07, 6.45) is 3.30. The number of hydrogen-bond donors (Lipinski definition) is 0. The van der Waals surface area contributed by atoms with Crippen molar-refractivity contribution in [3.8, 4) is 17.2 Å². The molecule has 0 aliphatic carbocycles. The van der Waals surface area contributed by atoms with Crippen molar-refractivity contribution in [1.82, 2.24) is 0 Å². The smallest absolute Gasteiger partial charge is 0.343 e. The van der Waals surface area contributed by atoms with Crippen LogP contribution in [0.5, 0.6) is 17.2 Å². The summed E-state index contributed by atoms with van der Waals surface area (Å²) < 4.78 is 15.9. The maximum absolute atomic E-state index is 12.3. The topological polar surface area (TPSA) is 61.8 Å². The van der Waals surface area contributed by atoms with Crippen LogP contribution in [0.1, 0.15) is 31.8 Å². The lowest BCUT2D eigenvalue weighted by atomic mass is 10.1. The molecule has 0 aromatic heterocycles. The molecule has 29 heavy (non-hydrogen) atoms. The number of allylic oxidation sites excluding steroid dienone is 1. The first-order valence-electron chi connectivity index (χ1n) is 9.09. The van der Waals surface area contributed by atoms with Crippen molar-refractivity contribution in [2.24, 2.45) is 0 Å². The number of aryl methyl sites for hydroxylation is 1. The van der Waals surface area contributed by atoms with E-state index in [9.17, 15) is 9.59 Å². The minimum absolute atomic E-state index is 0.126. The van der Waals surface area contributed by atoms with Gasteiger partial charge in [0.25, 0.3) is 0 Å². The second kappa shape index (κ2) is 8.02. The van der Waals surface area contributed by atoms with Crippen molar-refractivity contribution in [3.63, 3.8) is 0 Å². The molecule has 0 radical (unpaired) electrons. The summed E-state index contributed by atoms with van der Waals surface area (Å²) in [4.78, 5) is 24.6. The van der Waals surface area contributed by atoms with E-state index in [4.69, 9.17) is 14.2 Å². The Hall–Kier alpha value is -3.86. The average molecular weight is 386 g/mol. The molecule has 1 heterocycles. The second-order valence-corrected chi connectivity index (χ2v) is 6.59. The lowest BCUT2D eigenvalue weighted by Gasteiger charge is -2.06. The highest BCUT2D eigenvalue weighted by Crippen LogP contribution is 2.32. The van der Waals surface area contributed by atoms with Gasteiger partial charge in [0.05, 0.1) is 5.56 Å². The van der Waals surface area contributed by atoms with Crippen molar-refractivity contribution in [2.45, 2.75) is 6.92 Å². The summed E-state index contributed by atoms with van der Waals surface area (Å²) in [5, 5.41) is 0. The van der Waals surface area contributed by atoms with Crippen LogP contribution in [0.4, 0.5) is 0 Å². The Labute approximate surface area is 168 Å². The molecule has 5 heteroatoms. The first-order valence-corrected chi connectivity index (χ1v) is 9.09. The van der Waals surface area contributed by atoms with Crippen LogP contribution in [0, 0.1) is 6.92 Å². The molecular weight excluding hydrogens is 368 g/mol. The van der Waals surface area contributed by atoms with Gasteiger partial charge < -0.3 is 14.2 Å². The van der Waals surface area contributed by atoms with Crippen LogP contribution in [-0.4, -0.2) is 18.5 Å². The number of carbonyl (C=O) groups is 2. The molecule has 0 atom stereocenters. The number of esters is 1. The van der Waals surface area contributed by atoms with E-state index in [2.05, 4.69) is 0 Å². The van der Waals surface area contributed by atoms with Gasteiger partial charge in [-0.2, -0.15) is 0 Å². The van der Waals surface area contributed by atoms with Gasteiger partial charge in [-0.1, -0.05) is 35.9 Å². The predicted molar refractivity (Wildman–Crippen MR) is 109 cm³/mol. The minimum Gasteiger partial charge on any atom is -0.454 e. The Morgan fingerprint density at radius 2 is 1.55 bits per heavy atom. The first kappa shape index (κ1) is 18.5. The molecule has 0 spiro atoms. The second-order valence-electron chi connectivity index (χ2n) is 6.59. The third-order valence-corrected chi connectivity index (χ3v) is 4.46. The van der Waals surface area contributed by atoms with E-state index in [1.165, 1.54) is 11.6 Å². The van der Waals surface area contributed by atoms with E-state index in [-0.39, 0.29) is 12.6 Å². The van der Waals surface area contributed by atoms with Crippen LogP contribution in [0.25, 0.3) is 6.08 Å². The lowest BCUT2D eigenvalue weighted by molar-refractivity contribution is 0.0734. The summed E-state index contributed by atoms with van der Waals surface area (Å²) in [7, 11) is 0. The summed E-state index contributed by atoms with van der Waals surface area (Å²) >= 11 is 0. The number of ether oxygens (including phenoxy) is 3. The molecule has 5 nitrogen and oxygen atoms in total. The van der Waals surface area contributed by atoms with Crippen LogP contribution in [0.3, 0.4) is 0 Å². The SMILES string of the molecule is Cc1ccc(C=CC(=O)c2ccc(OC(=O)c3ccc4c(c3)OCO4)cc2)cc1. The third-order valence-electron chi connectivity index (χ3n) is 4.46. The van der Waals surface area contributed by atoms with Crippen LogP contribution in [-0.2, 0) is 0 Å². The Morgan fingerprint density at radius 3 is 2.31 bits per heavy atom. The third kappa shape index (κ3) is 4.35. The summed E-state index contributed by atoms with van der Waals surface area (Å²) in [6, 6.07) is 19.2. The molecule has 0 saturated heterocycles. The zero-order chi connectivity index (χ0) is 20.2. The van der Waals surface area contributed by atoms with E-state index in [1.54, 1.807) is 48.5 Å². The summed E-state index contributed by atoms with van der Waals surface area (Å²) in [5.41, 5.74) is 2.99. The van der Waals surface area contributed by atoms with Crippen LogP contribution in [0.2, 0.25) is 0 Å². The molecule has 144 valence electrons. The predicted octanol–water partition coefficient (Wildman–Crippen LogP) is 4.84. The zero-order valence-corrected chi connectivity index (χ0v) is 15.8. The number of fused-ring (bicyclic) bond motifs is 1. The lowest BCUT2D eigenvalue weighted by Crippen LogP contribution is -2.08. The molecule has 3 aromatic rings. The van der Waals surface area contributed by atoms with Crippen LogP contribution < -0.4 is 14.2 Å². The van der Waals surface area contributed by atoms with Crippen molar-refractivity contribution >= 4 is 17.8 Å². The van der Waals surface area contributed by atoms with E-state index in [1.807, 2.05) is 31.2 Å². The van der Waals surface area contributed by atoms with E-state index in [0.717, 1.165) is 5.56 Å². The molecule has 0 saturated carbocycles. The zero-order valence-electron chi connectivity index (χ0n) is 15.8. The minimum atomic E-state index is -0.512. The average Bonchev–Trinajstić information content (AvgIpc) is 3.21. The van der Waals surface area contributed by atoms with Gasteiger partial charge in [-0.15, -0.1) is 0 Å². The fourth-order valence-corrected chi connectivity index (χ4v) is 2.82. The number of hydrogen-bond acceptors (Lipinski definition) is 5. The van der Waals surface area contributed by atoms with E-state index in [0.29, 0.717) is 28.4 Å². The van der Waals surface area contributed by atoms with Gasteiger partial charge in [0.2, 0.25) is 6.79 Å². The van der Waals surface area contributed by atoms with Crippen molar-refractivity contribution in [1.29, 1.82) is 0 Å². The van der Waals surface area contributed by atoms with Gasteiger partial charge in [-0.25, -0.2) is 4.79 Å². The Morgan fingerprint density at radius 1 is 0.862 bits per heavy atom.